The number of hydrogen-bond donors (Lipinski definition) is 6. The number of benzene rings is 4. The Balaban J connectivity index is 0.000000271. The monoisotopic (exact) mass is 1040 g/mol. The maximum Gasteiger partial charge on any atom is 0.332 e. The standard InChI is InChI=1S/2C24H31ClN2O5.C4H4O4/c25-21-8-6-20(7-9-21)24(19-4-2-1-3-5-19)27-12-10-26(11-13-27)14-15-31-18-23(30)32-17-22(29)16-28;25-21-8-6-20(7-9-21)24(19-4-2-1-3-5-19)27-12-10-26(11-13-27)14-15-31-18-23(30)32-22(16-28)17-29;5-3(6)1-2-4(7)8/h2*1-9,22,24,28-29H,10-18H2;1-2H,(H,5,6)(H,7,8)/b;;2-1+. The molecule has 20 heteroatoms. The Hall–Kier alpha value is -5.32. The summed E-state index contributed by atoms with van der Waals surface area (Å²) in [7, 11) is 0. The fourth-order valence-electron chi connectivity index (χ4n) is 7.76. The van der Waals surface area contributed by atoms with Gasteiger partial charge in [0.15, 0.2) is 0 Å². The maximum absolute atomic E-state index is 11.6. The molecule has 2 aliphatic heterocycles. The topological polar surface area (TPSA) is 240 Å². The number of halogens is 2. The van der Waals surface area contributed by atoms with Gasteiger partial charge < -0.3 is 49.6 Å². The Morgan fingerprint density at radius 1 is 0.528 bits per heavy atom. The molecule has 0 radical (unpaired) electrons. The first kappa shape index (κ1) is 59.2. The summed E-state index contributed by atoms with van der Waals surface area (Å²) in [5, 5.41) is 52.9. The van der Waals surface area contributed by atoms with Crippen LogP contribution in [0, 0.1) is 0 Å². The first-order chi connectivity index (χ1) is 34.8. The molecule has 6 rings (SSSR count). The molecule has 2 heterocycles. The molecule has 0 aliphatic carbocycles. The lowest BCUT2D eigenvalue weighted by Crippen LogP contribution is -2.48. The number of carbonyl (C=O) groups is 4. The molecule has 6 N–H and O–H groups in total. The number of piperazine rings is 2. The van der Waals surface area contributed by atoms with Crippen LogP contribution >= 0.6 is 23.2 Å². The molecule has 0 spiro atoms. The minimum Gasteiger partial charge on any atom is -0.478 e. The highest BCUT2D eigenvalue weighted by Crippen LogP contribution is 2.32. The largest absolute Gasteiger partial charge is 0.478 e. The zero-order valence-electron chi connectivity index (χ0n) is 40.1. The highest BCUT2D eigenvalue weighted by molar-refractivity contribution is 6.30. The van der Waals surface area contributed by atoms with Crippen LogP contribution in [0.15, 0.2) is 121 Å². The van der Waals surface area contributed by atoms with Gasteiger partial charge in [0.2, 0.25) is 0 Å². The molecule has 2 aliphatic rings. The van der Waals surface area contributed by atoms with Crippen LogP contribution in [-0.2, 0) is 38.1 Å². The number of aliphatic hydroxyl groups is 4. The molecule has 0 saturated carbocycles. The van der Waals surface area contributed by atoms with Crippen molar-refractivity contribution in [2.45, 2.75) is 24.3 Å². The molecule has 0 bridgehead atoms. The molecule has 392 valence electrons. The summed E-state index contributed by atoms with van der Waals surface area (Å²) in [5.41, 5.74) is 4.97. The fraction of sp³-hybridized carbons (Fsp3) is 0.423. The summed E-state index contributed by atoms with van der Waals surface area (Å²) in [5.74, 6) is -3.65. The van der Waals surface area contributed by atoms with Gasteiger partial charge in [-0.15, -0.1) is 0 Å². The van der Waals surface area contributed by atoms with Crippen molar-refractivity contribution in [3.8, 4) is 0 Å². The van der Waals surface area contributed by atoms with Gasteiger partial charge in [-0.25, -0.2) is 19.2 Å². The Morgan fingerprint density at radius 3 is 1.26 bits per heavy atom. The zero-order valence-corrected chi connectivity index (χ0v) is 41.6. The van der Waals surface area contributed by atoms with Gasteiger partial charge in [-0.3, -0.25) is 19.6 Å². The van der Waals surface area contributed by atoms with Gasteiger partial charge in [-0.05, 0) is 46.5 Å². The number of hydrogen-bond acceptors (Lipinski definition) is 16. The van der Waals surface area contributed by atoms with Gasteiger partial charge in [-0.2, -0.15) is 0 Å². The second kappa shape index (κ2) is 33.4. The van der Waals surface area contributed by atoms with E-state index in [2.05, 4.69) is 92.4 Å². The fourth-order valence-corrected chi connectivity index (χ4v) is 8.01. The third-order valence-corrected chi connectivity index (χ3v) is 11.9. The number of carbonyl (C=O) groups excluding carboxylic acids is 2. The van der Waals surface area contributed by atoms with E-state index in [0.717, 1.165) is 75.5 Å². The summed E-state index contributed by atoms with van der Waals surface area (Å²) in [6.07, 6.45) is -0.829. The third-order valence-electron chi connectivity index (χ3n) is 11.4. The average molecular weight is 1040 g/mol. The molecule has 0 amide bonds. The number of ether oxygens (including phenoxy) is 4. The molecule has 4 aromatic carbocycles. The average Bonchev–Trinajstić information content (AvgIpc) is 3.40. The van der Waals surface area contributed by atoms with Crippen molar-refractivity contribution in [2.75, 3.05) is 118 Å². The molecule has 4 aromatic rings. The van der Waals surface area contributed by atoms with Crippen LogP contribution in [0.25, 0.3) is 0 Å². The third kappa shape index (κ3) is 22.2. The van der Waals surface area contributed by atoms with E-state index in [-0.39, 0.29) is 31.9 Å². The number of esters is 2. The Labute approximate surface area is 430 Å². The Bertz CT molecular complexity index is 2180. The molecular formula is C52H66Cl2N4O14. The molecule has 2 fully saturated rings. The lowest BCUT2D eigenvalue weighted by atomic mass is 9.96. The molecule has 18 nitrogen and oxygen atoms in total. The van der Waals surface area contributed by atoms with Crippen molar-refractivity contribution in [3.05, 3.63) is 154 Å². The van der Waals surface area contributed by atoms with Crippen LogP contribution in [-0.4, -0.2) is 205 Å². The predicted molar refractivity (Wildman–Crippen MR) is 270 cm³/mol. The van der Waals surface area contributed by atoms with Crippen LogP contribution in [0.5, 0.6) is 0 Å². The quantitative estimate of drug-likeness (QED) is 0.0334. The van der Waals surface area contributed by atoms with Crippen molar-refractivity contribution in [1.29, 1.82) is 0 Å². The van der Waals surface area contributed by atoms with Crippen LogP contribution in [0.3, 0.4) is 0 Å². The van der Waals surface area contributed by atoms with Gasteiger partial charge in [0.1, 0.15) is 32.0 Å². The van der Waals surface area contributed by atoms with Crippen LogP contribution in [0.4, 0.5) is 0 Å². The van der Waals surface area contributed by atoms with Gasteiger partial charge in [0.25, 0.3) is 0 Å². The van der Waals surface area contributed by atoms with Crippen molar-refractivity contribution in [2.24, 2.45) is 0 Å². The first-order valence-electron chi connectivity index (χ1n) is 23.5. The summed E-state index contributed by atoms with van der Waals surface area (Å²) in [6.45, 7) is 7.76. The lowest BCUT2D eigenvalue weighted by molar-refractivity contribution is -0.159. The summed E-state index contributed by atoms with van der Waals surface area (Å²) in [4.78, 5) is 51.9. The number of carboxylic acids is 2. The second-order valence-corrected chi connectivity index (χ2v) is 17.5. The molecular weight excluding hydrogens is 975 g/mol. The molecule has 0 aromatic heterocycles. The van der Waals surface area contributed by atoms with Crippen LogP contribution in [0.1, 0.15) is 34.3 Å². The van der Waals surface area contributed by atoms with E-state index in [4.69, 9.17) is 67.7 Å². The van der Waals surface area contributed by atoms with Crippen molar-refractivity contribution >= 4 is 47.1 Å². The molecule has 72 heavy (non-hydrogen) atoms. The maximum atomic E-state index is 11.6. The van der Waals surface area contributed by atoms with Gasteiger partial charge in [0, 0.05) is 87.6 Å². The molecule has 2 saturated heterocycles. The smallest absolute Gasteiger partial charge is 0.332 e. The minimum absolute atomic E-state index is 0.162. The van der Waals surface area contributed by atoms with E-state index in [1.807, 2.05) is 36.4 Å². The minimum atomic E-state index is -1.26. The summed E-state index contributed by atoms with van der Waals surface area (Å²) >= 11 is 12.2. The first-order valence-corrected chi connectivity index (χ1v) is 24.2. The van der Waals surface area contributed by atoms with E-state index < -0.39 is 55.9 Å². The van der Waals surface area contributed by atoms with Crippen molar-refractivity contribution in [1.82, 2.24) is 19.6 Å². The van der Waals surface area contributed by atoms with E-state index >= 15 is 0 Å². The number of aliphatic carboxylic acids is 2. The van der Waals surface area contributed by atoms with Crippen molar-refractivity contribution < 1.29 is 68.8 Å². The van der Waals surface area contributed by atoms with E-state index in [0.29, 0.717) is 25.4 Å². The van der Waals surface area contributed by atoms with Crippen LogP contribution in [0.2, 0.25) is 10.0 Å². The molecule has 3 atom stereocenters. The van der Waals surface area contributed by atoms with Gasteiger partial charge in [-0.1, -0.05) is 108 Å². The number of rotatable bonds is 24. The van der Waals surface area contributed by atoms with E-state index in [1.165, 1.54) is 22.3 Å². The number of nitrogens with zero attached hydrogens (tertiary/aromatic N) is 4. The summed E-state index contributed by atoms with van der Waals surface area (Å²) < 4.78 is 20.5. The normalized spacial score (nSPS) is 15.9. The van der Waals surface area contributed by atoms with E-state index in [9.17, 15) is 24.3 Å². The lowest BCUT2D eigenvalue weighted by Gasteiger charge is -2.39. The number of aliphatic hydroxyl groups excluding tert-OH is 4. The van der Waals surface area contributed by atoms with Gasteiger partial charge >= 0.3 is 23.9 Å². The van der Waals surface area contributed by atoms with Crippen LogP contribution < -0.4 is 0 Å². The van der Waals surface area contributed by atoms with Gasteiger partial charge in [0.05, 0.1) is 45.1 Å². The summed E-state index contributed by atoms with van der Waals surface area (Å²) in [6, 6.07) is 37.5. The molecule has 3 unspecified atom stereocenters. The number of carboxylic acid groups (broad SMARTS) is 2. The Morgan fingerprint density at radius 2 is 0.903 bits per heavy atom. The highest BCUT2D eigenvalue weighted by atomic mass is 35.5. The SMILES string of the molecule is O=C(COCCN1CCN(C(c2ccccc2)c2ccc(Cl)cc2)CC1)OC(CO)CO.O=C(COCCN1CCN(C(c2ccccc2)c2ccc(Cl)cc2)CC1)OCC(O)CO.O=C(O)/C=C/C(=O)O. The van der Waals surface area contributed by atoms with E-state index in [1.54, 1.807) is 0 Å². The second-order valence-electron chi connectivity index (χ2n) is 16.6. The zero-order chi connectivity index (χ0) is 52.1. The Kier molecular flexibility index (Phi) is 27.5. The predicted octanol–water partition coefficient (Wildman–Crippen LogP) is 3.63. The van der Waals surface area contributed by atoms with Crippen molar-refractivity contribution in [3.63, 3.8) is 0 Å². The highest BCUT2D eigenvalue weighted by Gasteiger charge is 2.28.